The van der Waals surface area contributed by atoms with Gasteiger partial charge < -0.3 is 16.8 Å². The van der Waals surface area contributed by atoms with Crippen molar-refractivity contribution in [2.45, 2.75) is 39.5 Å². The lowest BCUT2D eigenvalue weighted by atomic mass is 9.71. The molecule has 21 heavy (non-hydrogen) atoms. The standard InChI is InChI=1S/C15H19N3O2S/c1-6-9-7(4-15(2,3)5-8(9)19)18-14-10(6)11(16)12(21-14)13(17)20/h6,18H,4-5,16H2,1-3H3,(H2,17,20)/t6-/m1/s1. The third-order valence-corrected chi connectivity index (χ3v) is 5.41. The molecule has 1 aromatic rings. The molecule has 0 aromatic carbocycles. The number of rotatable bonds is 1. The molecule has 2 aliphatic rings. The number of ketones is 1. The molecule has 1 atom stereocenters. The molecule has 1 aromatic heterocycles. The number of amides is 1. The number of anilines is 2. The van der Waals surface area contributed by atoms with Gasteiger partial charge in [0.1, 0.15) is 4.88 Å². The van der Waals surface area contributed by atoms with Crippen LogP contribution in [0.3, 0.4) is 0 Å². The average Bonchev–Trinajstić information content (AvgIpc) is 2.64. The van der Waals surface area contributed by atoms with Crippen molar-refractivity contribution in [2.24, 2.45) is 11.1 Å². The van der Waals surface area contributed by atoms with Gasteiger partial charge in [-0.25, -0.2) is 0 Å². The van der Waals surface area contributed by atoms with E-state index in [0.717, 1.165) is 28.3 Å². The van der Waals surface area contributed by atoms with Gasteiger partial charge >= 0.3 is 0 Å². The Labute approximate surface area is 127 Å². The number of hydrogen-bond acceptors (Lipinski definition) is 5. The van der Waals surface area contributed by atoms with Crippen LogP contribution in [-0.2, 0) is 4.79 Å². The number of primary amides is 1. The van der Waals surface area contributed by atoms with Gasteiger partial charge in [0, 0.05) is 29.2 Å². The number of Topliss-reactive ketones (excluding diaryl/α,β-unsaturated/α-hetero) is 1. The molecule has 112 valence electrons. The third-order valence-electron chi connectivity index (χ3n) is 4.26. The van der Waals surface area contributed by atoms with Gasteiger partial charge in [0.15, 0.2) is 5.78 Å². The molecule has 6 heteroatoms. The van der Waals surface area contributed by atoms with Crippen LogP contribution in [0.4, 0.5) is 10.7 Å². The third kappa shape index (κ3) is 2.05. The smallest absolute Gasteiger partial charge is 0.260 e. The fraction of sp³-hybridized carbons (Fsp3) is 0.467. The van der Waals surface area contributed by atoms with Crippen LogP contribution in [0.15, 0.2) is 11.3 Å². The predicted octanol–water partition coefficient (Wildman–Crippen LogP) is 2.60. The van der Waals surface area contributed by atoms with Crippen molar-refractivity contribution in [3.63, 3.8) is 0 Å². The number of thiophene rings is 1. The molecule has 1 aliphatic heterocycles. The van der Waals surface area contributed by atoms with E-state index in [2.05, 4.69) is 19.2 Å². The molecule has 3 rings (SSSR count). The molecule has 5 N–H and O–H groups in total. The second-order valence-electron chi connectivity index (χ2n) is 6.63. The zero-order valence-corrected chi connectivity index (χ0v) is 13.2. The fourth-order valence-corrected chi connectivity index (χ4v) is 4.49. The largest absolute Gasteiger partial charge is 0.397 e. The minimum absolute atomic E-state index is 0.0462. The fourth-order valence-electron chi connectivity index (χ4n) is 3.39. The van der Waals surface area contributed by atoms with Crippen molar-refractivity contribution in [1.29, 1.82) is 0 Å². The highest BCUT2D eigenvalue weighted by Crippen LogP contribution is 2.51. The van der Waals surface area contributed by atoms with E-state index in [1.165, 1.54) is 11.3 Å². The summed E-state index contributed by atoms with van der Waals surface area (Å²) >= 11 is 1.27. The van der Waals surface area contributed by atoms with E-state index in [-0.39, 0.29) is 17.1 Å². The van der Waals surface area contributed by atoms with Gasteiger partial charge in [0.25, 0.3) is 5.91 Å². The zero-order valence-electron chi connectivity index (χ0n) is 12.4. The van der Waals surface area contributed by atoms with Crippen LogP contribution in [0.25, 0.3) is 0 Å². The number of allylic oxidation sites excluding steroid dienone is 2. The second-order valence-corrected chi connectivity index (χ2v) is 7.65. The van der Waals surface area contributed by atoms with E-state index in [1.54, 1.807) is 0 Å². The monoisotopic (exact) mass is 305 g/mol. The van der Waals surface area contributed by atoms with E-state index in [0.29, 0.717) is 17.0 Å². The van der Waals surface area contributed by atoms with Crippen LogP contribution in [0.1, 0.15) is 54.8 Å². The van der Waals surface area contributed by atoms with E-state index >= 15 is 0 Å². The first-order chi connectivity index (χ1) is 9.71. The topological polar surface area (TPSA) is 98.2 Å². The first-order valence-corrected chi connectivity index (χ1v) is 7.78. The average molecular weight is 305 g/mol. The summed E-state index contributed by atoms with van der Waals surface area (Å²) in [5, 5.41) is 4.17. The van der Waals surface area contributed by atoms with Crippen LogP contribution in [-0.4, -0.2) is 11.7 Å². The molecule has 1 amide bonds. The van der Waals surface area contributed by atoms with Gasteiger partial charge in [-0.15, -0.1) is 11.3 Å². The Kier molecular flexibility index (Phi) is 2.92. The summed E-state index contributed by atoms with van der Waals surface area (Å²) in [5.41, 5.74) is 14.4. The highest BCUT2D eigenvalue weighted by atomic mass is 32.1. The molecule has 1 aliphatic carbocycles. The molecular weight excluding hydrogens is 286 g/mol. The van der Waals surface area contributed by atoms with Crippen molar-refractivity contribution in [3.05, 3.63) is 21.7 Å². The maximum absolute atomic E-state index is 12.5. The molecule has 0 fully saturated rings. The summed E-state index contributed by atoms with van der Waals surface area (Å²) in [6.07, 6.45) is 1.36. The molecule has 0 spiro atoms. The number of carbonyl (C=O) groups is 2. The predicted molar refractivity (Wildman–Crippen MR) is 84.3 cm³/mol. The first-order valence-electron chi connectivity index (χ1n) is 6.96. The summed E-state index contributed by atoms with van der Waals surface area (Å²) in [6, 6.07) is 0. The lowest BCUT2D eigenvalue weighted by Crippen LogP contribution is -2.32. The molecule has 2 heterocycles. The number of hydrogen-bond donors (Lipinski definition) is 3. The van der Waals surface area contributed by atoms with Crippen molar-refractivity contribution >= 4 is 33.7 Å². The summed E-state index contributed by atoms with van der Waals surface area (Å²) in [7, 11) is 0. The maximum atomic E-state index is 12.5. The van der Waals surface area contributed by atoms with Gasteiger partial charge in [0.2, 0.25) is 0 Å². The van der Waals surface area contributed by atoms with E-state index in [1.807, 2.05) is 6.92 Å². The highest BCUT2D eigenvalue weighted by molar-refractivity contribution is 7.18. The first kappa shape index (κ1) is 14.1. The summed E-state index contributed by atoms with van der Waals surface area (Å²) in [6.45, 7) is 6.15. The second kappa shape index (κ2) is 4.34. The Morgan fingerprint density at radius 1 is 1.38 bits per heavy atom. The van der Waals surface area contributed by atoms with E-state index in [9.17, 15) is 9.59 Å². The number of nitrogen functional groups attached to an aromatic ring is 1. The number of nitrogens with one attached hydrogen (secondary N) is 1. The molecule has 0 radical (unpaired) electrons. The van der Waals surface area contributed by atoms with Crippen LogP contribution in [0, 0.1) is 5.41 Å². The Bertz CT molecular complexity index is 700. The Hall–Kier alpha value is -1.82. The Morgan fingerprint density at radius 2 is 2.05 bits per heavy atom. The SMILES string of the molecule is C[C@@H]1C2=C(CC(C)(C)CC2=O)Nc2sc(C(N)=O)c(N)c21. The molecule has 5 nitrogen and oxygen atoms in total. The van der Waals surface area contributed by atoms with E-state index < -0.39 is 5.91 Å². The number of fused-ring (bicyclic) bond motifs is 1. The van der Waals surface area contributed by atoms with Crippen LogP contribution in [0.5, 0.6) is 0 Å². The van der Waals surface area contributed by atoms with Crippen molar-refractivity contribution in [3.8, 4) is 0 Å². The Morgan fingerprint density at radius 3 is 2.67 bits per heavy atom. The number of carbonyl (C=O) groups excluding carboxylic acids is 2. The molecular formula is C15H19N3O2S. The van der Waals surface area contributed by atoms with Crippen LogP contribution in [0.2, 0.25) is 0 Å². The molecule has 0 bridgehead atoms. The maximum Gasteiger partial charge on any atom is 0.260 e. The highest BCUT2D eigenvalue weighted by Gasteiger charge is 2.40. The minimum atomic E-state index is -0.523. The molecule has 0 saturated heterocycles. The lowest BCUT2D eigenvalue weighted by Gasteiger charge is -2.37. The summed E-state index contributed by atoms with van der Waals surface area (Å²) in [4.78, 5) is 24.3. The van der Waals surface area contributed by atoms with Crippen molar-refractivity contribution < 1.29 is 9.59 Å². The van der Waals surface area contributed by atoms with E-state index in [4.69, 9.17) is 11.5 Å². The quantitative estimate of drug-likeness (QED) is 0.742. The van der Waals surface area contributed by atoms with Gasteiger partial charge in [-0.05, 0) is 11.8 Å². The van der Waals surface area contributed by atoms with Crippen molar-refractivity contribution in [1.82, 2.24) is 0 Å². The van der Waals surface area contributed by atoms with Crippen LogP contribution >= 0.6 is 11.3 Å². The van der Waals surface area contributed by atoms with Crippen molar-refractivity contribution in [2.75, 3.05) is 11.1 Å². The minimum Gasteiger partial charge on any atom is -0.397 e. The normalized spacial score (nSPS) is 23.4. The van der Waals surface area contributed by atoms with Gasteiger partial charge in [-0.2, -0.15) is 0 Å². The lowest BCUT2D eigenvalue weighted by molar-refractivity contribution is -0.118. The molecule has 0 unspecified atom stereocenters. The zero-order chi connectivity index (χ0) is 15.5. The van der Waals surface area contributed by atoms with Gasteiger partial charge in [-0.1, -0.05) is 20.8 Å². The van der Waals surface area contributed by atoms with Gasteiger partial charge in [0.05, 0.1) is 10.7 Å². The molecule has 0 saturated carbocycles. The Balaban J connectivity index is 2.12. The summed E-state index contributed by atoms with van der Waals surface area (Å²) in [5.74, 6) is -0.451. The number of nitrogens with two attached hydrogens (primary N) is 2. The van der Waals surface area contributed by atoms with Gasteiger partial charge in [-0.3, -0.25) is 9.59 Å². The summed E-state index contributed by atoms with van der Waals surface area (Å²) < 4.78 is 0. The van der Waals surface area contributed by atoms with Crippen LogP contribution < -0.4 is 16.8 Å².